The van der Waals surface area contributed by atoms with Crippen LogP contribution < -0.4 is 5.32 Å². The first-order valence-corrected chi connectivity index (χ1v) is 16.1. The lowest BCUT2D eigenvalue weighted by Crippen LogP contribution is -2.19. The van der Waals surface area contributed by atoms with Gasteiger partial charge < -0.3 is 5.32 Å². The van der Waals surface area contributed by atoms with Crippen molar-refractivity contribution < 1.29 is 4.79 Å². The third-order valence-corrected chi connectivity index (χ3v) is 7.90. The number of nitrogens with one attached hydrogen (secondary N) is 1. The molecule has 3 rings (SSSR count). The van der Waals surface area contributed by atoms with Crippen molar-refractivity contribution in [2.45, 2.75) is 67.7 Å². The fourth-order valence-corrected chi connectivity index (χ4v) is 5.15. The molecule has 0 atom stereocenters. The molecule has 0 aromatic heterocycles. The number of carbonyl (C=O) groups excluding carboxylic acids is 1. The number of carbonyl (C=O) groups is 1. The Hall–Kier alpha value is -4.87. The first-order chi connectivity index (χ1) is 22.0. The van der Waals surface area contributed by atoms with E-state index in [2.05, 4.69) is 114 Å². The van der Waals surface area contributed by atoms with Crippen LogP contribution in [0, 0.1) is 5.41 Å². The molecule has 236 valence electrons. The highest BCUT2D eigenvalue weighted by Gasteiger charge is 2.26. The smallest absolute Gasteiger partial charge is 0.255 e. The van der Waals surface area contributed by atoms with Gasteiger partial charge >= 0.3 is 0 Å². The molecular weight excluding hydrogens is 558 g/mol. The zero-order valence-corrected chi connectivity index (χ0v) is 28.7. The molecule has 1 N–H and O–H groups in total. The van der Waals surface area contributed by atoms with Crippen LogP contribution in [0.4, 0.5) is 5.69 Å². The normalized spacial score (nSPS) is 15.9. The molecule has 0 saturated carbocycles. The second-order valence-electron chi connectivity index (χ2n) is 12.6. The summed E-state index contributed by atoms with van der Waals surface area (Å²) in [5.74, 6) is -0.116. The first-order valence-electron chi connectivity index (χ1n) is 16.1. The van der Waals surface area contributed by atoms with E-state index in [1.807, 2.05) is 78.9 Å². The number of rotatable bonds is 11. The molecule has 0 fully saturated rings. The second-order valence-corrected chi connectivity index (χ2v) is 12.6. The molecule has 1 aliphatic carbocycles. The fourth-order valence-electron chi connectivity index (χ4n) is 5.15. The Morgan fingerprint density at radius 2 is 1.43 bits per heavy atom. The van der Waals surface area contributed by atoms with Crippen LogP contribution in [0.25, 0.3) is 6.08 Å². The maximum atomic E-state index is 12.4. The molecule has 1 aliphatic rings. The molecule has 0 saturated heterocycles. The molecule has 2 nitrogen and oxygen atoms in total. The maximum Gasteiger partial charge on any atom is 0.255 e. The second kappa shape index (κ2) is 18.2. The average molecular weight is 608 g/mol. The molecule has 46 heavy (non-hydrogen) atoms. The van der Waals surface area contributed by atoms with Gasteiger partial charge in [0.2, 0.25) is 0 Å². The van der Waals surface area contributed by atoms with Gasteiger partial charge in [0.1, 0.15) is 0 Å². The molecule has 0 heterocycles. The van der Waals surface area contributed by atoms with Crippen molar-refractivity contribution in [1.82, 2.24) is 0 Å². The van der Waals surface area contributed by atoms with Crippen molar-refractivity contribution in [1.29, 1.82) is 0 Å². The number of allylic oxidation sites excluding steroid dienone is 17. The Labute approximate surface area is 277 Å². The van der Waals surface area contributed by atoms with Crippen molar-refractivity contribution in [3.05, 3.63) is 177 Å². The predicted octanol–water partition coefficient (Wildman–Crippen LogP) is 12.2. The van der Waals surface area contributed by atoms with Crippen molar-refractivity contribution >= 4 is 17.7 Å². The third kappa shape index (κ3) is 12.6. The fraction of sp³-hybridized carbons (Fsp3) is 0.250. The molecule has 2 aromatic rings. The van der Waals surface area contributed by atoms with E-state index in [0.717, 1.165) is 33.5 Å². The highest BCUT2D eigenvalue weighted by Crippen LogP contribution is 2.40. The predicted molar refractivity (Wildman–Crippen MR) is 200 cm³/mol. The van der Waals surface area contributed by atoms with Gasteiger partial charge in [-0.25, -0.2) is 0 Å². The van der Waals surface area contributed by atoms with Gasteiger partial charge in [-0.2, -0.15) is 0 Å². The number of amides is 1. The van der Waals surface area contributed by atoms with E-state index in [1.165, 1.54) is 30.4 Å². The summed E-state index contributed by atoms with van der Waals surface area (Å²) in [6, 6.07) is 17.1. The quantitative estimate of drug-likeness (QED) is 0.200. The zero-order chi connectivity index (χ0) is 33.4. The van der Waals surface area contributed by atoms with Gasteiger partial charge in [-0.15, -0.1) is 0 Å². The number of hydrogen-bond donors (Lipinski definition) is 1. The van der Waals surface area contributed by atoms with Gasteiger partial charge in [0, 0.05) is 11.3 Å². The van der Waals surface area contributed by atoms with Gasteiger partial charge in [-0.3, -0.25) is 4.79 Å². The lowest BCUT2D eigenvalue weighted by molar-refractivity contribution is 0.102. The highest BCUT2D eigenvalue weighted by molar-refractivity contribution is 6.04. The number of para-hydroxylation sites is 1. The van der Waals surface area contributed by atoms with Gasteiger partial charge in [0.05, 0.1) is 0 Å². The van der Waals surface area contributed by atoms with Crippen molar-refractivity contribution in [3.63, 3.8) is 0 Å². The molecular formula is C44H49NO. The summed E-state index contributed by atoms with van der Waals surface area (Å²) in [7, 11) is 0. The van der Waals surface area contributed by atoms with Crippen molar-refractivity contribution in [2.24, 2.45) is 5.41 Å². The van der Waals surface area contributed by atoms with Gasteiger partial charge in [0.25, 0.3) is 5.91 Å². The summed E-state index contributed by atoms with van der Waals surface area (Å²) in [5, 5.41) is 2.91. The summed E-state index contributed by atoms with van der Waals surface area (Å²) < 4.78 is 0. The number of hydrogen-bond acceptors (Lipinski definition) is 1. The lowest BCUT2D eigenvalue weighted by atomic mass is 9.72. The van der Waals surface area contributed by atoms with E-state index in [-0.39, 0.29) is 11.3 Å². The minimum atomic E-state index is -0.116. The van der Waals surface area contributed by atoms with Crippen LogP contribution in [0.5, 0.6) is 0 Å². The zero-order valence-electron chi connectivity index (χ0n) is 28.7. The Morgan fingerprint density at radius 3 is 2.13 bits per heavy atom. The standard InChI is InChI=1S/C44H49NO/c1-34(16-11-12-17-35(2)19-14-21-37(4)26-32-42-38(5)22-15-33-44(42,6)7)18-13-20-36(3)25-27-39-28-30-40(31-29-39)43(46)45-41-23-9-8-10-24-41/h8-13,16-20,23-32H,15,22,33H2,1-7H3,(H,45,46)/b12-11+,18-13+,27-25+,32-26+,34-16+,35-17+,36-20+,37-19?. The average Bonchev–Trinajstić information content (AvgIpc) is 3.02. The lowest BCUT2D eigenvalue weighted by Gasteiger charge is -2.32. The van der Waals surface area contributed by atoms with Crippen LogP contribution in [-0.4, -0.2) is 5.91 Å². The Morgan fingerprint density at radius 1 is 0.783 bits per heavy atom. The summed E-state index contributed by atoms with van der Waals surface area (Å²) in [6.07, 6.45) is 28.7. The minimum Gasteiger partial charge on any atom is -0.322 e. The topological polar surface area (TPSA) is 29.1 Å². The highest BCUT2D eigenvalue weighted by atomic mass is 16.1. The van der Waals surface area contributed by atoms with Crippen molar-refractivity contribution in [3.8, 4) is 0 Å². The van der Waals surface area contributed by atoms with Gasteiger partial charge in [0.15, 0.2) is 0 Å². The van der Waals surface area contributed by atoms with E-state index in [9.17, 15) is 4.79 Å². The van der Waals surface area contributed by atoms with Gasteiger partial charge in [-0.05, 0) is 112 Å². The molecule has 0 unspecified atom stereocenters. The van der Waals surface area contributed by atoms with E-state index in [4.69, 9.17) is 0 Å². The van der Waals surface area contributed by atoms with Crippen LogP contribution >= 0.6 is 0 Å². The summed E-state index contributed by atoms with van der Waals surface area (Å²) in [5.41, 5.74) is 16.6. The summed E-state index contributed by atoms with van der Waals surface area (Å²) >= 11 is 0. The number of anilines is 1. The van der Waals surface area contributed by atoms with Crippen LogP contribution in [0.3, 0.4) is 0 Å². The molecule has 0 aliphatic heterocycles. The van der Waals surface area contributed by atoms with Gasteiger partial charge in [-0.1, -0.05) is 139 Å². The van der Waals surface area contributed by atoms with Crippen molar-refractivity contribution in [2.75, 3.05) is 5.32 Å². The molecule has 1 amide bonds. The third-order valence-electron chi connectivity index (χ3n) is 7.90. The Balaban J connectivity index is 1.49. The first kappa shape index (κ1) is 35.6. The summed E-state index contributed by atoms with van der Waals surface area (Å²) in [4.78, 5) is 12.4. The molecule has 0 spiro atoms. The SMILES string of the molecule is CC(=C=C=C/C(C)=C/C=C/C=C(C)/C=C/C=C(C)/C=C/c1ccc(C(=O)Nc2ccccc2)cc1)/C=C/C1=C(C)CCCC1(C)C. The Kier molecular flexibility index (Phi) is 14.1. The molecule has 0 radical (unpaired) electrons. The number of benzene rings is 2. The molecule has 2 heteroatoms. The maximum absolute atomic E-state index is 12.4. The molecule has 2 aromatic carbocycles. The summed E-state index contributed by atoms with van der Waals surface area (Å²) in [6.45, 7) is 15.2. The Bertz CT molecular complexity index is 1700. The van der Waals surface area contributed by atoms with E-state index >= 15 is 0 Å². The van der Waals surface area contributed by atoms with Crippen LogP contribution in [0.15, 0.2) is 166 Å². The largest absolute Gasteiger partial charge is 0.322 e. The molecule has 0 bridgehead atoms. The van der Waals surface area contributed by atoms with E-state index in [1.54, 1.807) is 0 Å². The van der Waals surface area contributed by atoms with Crippen LogP contribution in [0.2, 0.25) is 0 Å². The van der Waals surface area contributed by atoms with Crippen LogP contribution in [0.1, 0.15) is 83.7 Å². The van der Waals surface area contributed by atoms with E-state index < -0.39 is 0 Å². The minimum absolute atomic E-state index is 0.116. The van der Waals surface area contributed by atoms with E-state index in [0.29, 0.717) is 5.56 Å². The van der Waals surface area contributed by atoms with Crippen LogP contribution in [-0.2, 0) is 0 Å². The monoisotopic (exact) mass is 607 g/mol.